The molecule has 115 heavy (non-hydrogen) atoms. The van der Waals surface area contributed by atoms with E-state index in [4.69, 9.17) is 21.1 Å². The molecule has 0 atom stereocenters. The van der Waals surface area contributed by atoms with Crippen molar-refractivity contribution < 1.29 is 99.5 Å². The average molecular weight is 1600 g/mol. The summed E-state index contributed by atoms with van der Waals surface area (Å²) >= 11 is 0. The average Bonchev–Trinajstić information content (AvgIpc) is 1.64. The molecule has 9 heterocycles. The maximum Gasteiger partial charge on any atom is 0.303 e. The van der Waals surface area contributed by atoms with Crippen molar-refractivity contribution in [3.05, 3.63) is 163 Å². The number of ether oxygens (including phenoxy) is 1. The number of halogens is 5. The Kier molecular flexibility index (Phi) is 26.9. The summed E-state index contributed by atoms with van der Waals surface area (Å²) in [6.45, 7) is 6.27. The summed E-state index contributed by atoms with van der Waals surface area (Å²) in [5.74, 6) is -8.11. The zero-order valence-electron chi connectivity index (χ0n) is 63.4. The lowest BCUT2D eigenvalue weighted by Crippen LogP contribution is -2.36. The van der Waals surface area contributed by atoms with E-state index in [1.54, 1.807) is 12.2 Å². The number of nitrogen functional groups attached to an aromatic ring is 1. The first-order chi connectivity index (χ1) is 54.6. The molecule has 0 radical (unpaired) electrons. The van der Waals surface area contributed by atoms with E-state index in [0.29, 0.717) is 105 Å². The van der Waals surface area contributed by atoms with Gasteiger partial charge in [-0.15, -0.1) is 0 Å². The number of amides is 11. The molecule has 14 rings (SSSR count). The lowest BCUT2D eigenvalue weighted by Gasteiger charge is -2.23. The summed E-state index contributed by atoms with van der Waals surface area (Å²) < 4.78 is 73.6. The van der Waals surface area contributed by atoms with E-state index >= 15 is 0 Å². The second kappa shape index (κ2) is 36.7. The number of hydrogen-bond donors (Lipinski definition) is 15. The summed E-state index contributed by atoms with van der Waals surface area (Å²) in [4.78, 5) is 155. The van der Waals surface area contributed by atoms with E-state index in [9.17, 15) is 79.5 Å². The fraction of sp³-hybridized carbons (Fsp3) is 0.308. The van der Waals surface area contributed by atoms with Crippen LogP contribution >= 0.6 is 0 Å². The summed E-state index contributed by atoms with van der Waals surface area (Å²) in [6.07, 6.45) is 6.87. The highest BCUT2D eigenvalue weighted by molar-refractivity contribution is 6.36. The van der Waals surface area contributed by atoms with Gasteiger partial charge in [-0.2, -0.15) is 0 Å². The molecule has 0 bridgehead atoms. The topological polar surface area (TPSA) is 454 Å². The molecule has 0 fully saturated rings. The van der Waals surface area contributed by atoms with Gasteiger partial charge in [-0.1, -0.05) is 0 Å². The van der Waals surface area contributed by atoms with E-state index in [1.165, 1.54) is 67.6 Å². The van der Waals surface area contributed by atoms with Crippen LogP contribution < -0.4 is 53.6 Å². The zero-order valence-corrected chi connectivity index (χ0v) is 63.4. The molecule has 32 nitrogen and oxygen atoms in total. The van der Waals surface area contributed by atoms with Gasteiger partial charge in [0.25, 0.3) is 29.5 Å². The molecule has 7 aliphatic heterocycles. The van der Waals surface area contributed by atoms with Crippen LogP contribution in [0.25, 0.3) is 23.3 Å². The highest BCUT2D eigenvalue weighted by Crippen LogP contribution is 2.41. The first-order valence-corrected chi connectivity index (χ1v) is 35.9. The SMILES string of the molecule is CC(=O)OCC(=O)Nc1cc2c(cc1F)CC(=O)N2.Cc1c(/C=C2\C(=O)Nc3cc(NC(=O)CO)c(F)cc32)[nH]c2c1C(=O)N(CCN(C)C)CCC2.Cc1c(/C=C2\C(=O)Nc3cc(NC(=O)CO)c(F)cc32)[nH]c2c1C(=O)N(CCN(C)C)CCC2.Nc1cc2c(cc1F)CC(=O)N2.O=C(CO)Nc1cc2c(cc1F)CC(=O)N2. The molecule has 2 aromatic heterocycles. The first-order valence-electron chi connectivity index (χ1n) is 35.9. The number of likely N-dealkylation sites (N-methyl/N-ethyl adjacent to an activating group) is 2. The zero-order chi connectivity index (χ0) is 83.5. The highest BCUT2D eigenvalue weighted by Gasteiger charge is 2.34. The van der Waals surface area contributed by atoms with E-state index in [1.807, 2.05) is 61.6 Å². The third-order valence-corrected chi connectivity index (χ3v) is 18.9. The molecule has 16 N–H and O–H groups in total. The minimum atomic E-state index is -0.782. The number of aromatic amines is 2. The number of aryl methyl sites for hydroxylation is 2. The van der Waals surface area contributed by atoms with Crippen LogP contribution in [0.15, 0.2) is 60.7 Å². The van der Waals surface area contributed by atoms with E-state index in [0.717, 1.165) is 61.3 Å². The molecule has 0 spiro atoms. The summed E-state index contributed by atoms with van der Waals surface area (Å²) in [6, 6.07) is 12.8. The Morgan fingerprint density at radius 3 is 1.18 bits per heavy atom. The van der Waals surface area contributed by atoms with Gasteiger partial charge in [0.2, 0.25) is 35.4 Å². The van der Waals surface area contributed by atoms with Crippen molar-refractivity contribution in [2.24, 2.45) is 0 Å². The number of aromatic nitrogens is 2. The number of carbonyl (C=O) groups is 12. The number of esters is 1. The molecule has 7 aromatic rings. The van der Waals surface area contributed by atoms with Crippen LogP contribution in [0.4, 0.5) is 78.8 Å². The summed E-state index contributed by atoms with van der Waals surface area (Å²) in [5.41, 5.74) is 16.0. The van der Waals surface area contributed by atoms with Crippen LogP contribution in [-0.4, -0.2) is 210 Å². The Bertz CT molecular complexity index is 4990. The maximum absolute atomic E-state index is 14.6. The van der Waals surface area contributed by atoms with Crippen LogP contribution in [0.2, 0.25) is 0 Å². The number of benzene rings is 5. The van der Waals surface area contributed by atoms with Gasteiger partial charge >= 0.3 is 5.97 Å². The lowest BCUT2D eigenvalue weighted by atomic mass is 10.0. The number of nitrogens with one attached hydrogen (secondary N) is 11. The van der Waals surface area contributed by atoms with Crippen molar-refractivity contribution in [1.29, 1.82) is 0 Å². The second-order valence-corrected chi connectivity index (χ2v) is 27.8. The predicted molar refractivity (Wildman–Crippen MR) is 415 cm³/mol. The van der Waals surface area contributed by atoms with Crippen molar-refractivity contribution in [3.63, 3.8) is 0 Å². The molecule has 0 saturated carbocycles. The Morgan fingerprint density at radius 2 is 0.826 bits per heavy atom. The van der Waals surface area contributed by atoms with Crippen LogP contribution in [-0.2, 0) is 84.8 Å². The molecule has 37 heteroatoms. The first kappa shape index (κ1) is 84.5. The third kappa shape index (κ3) is 20.5. The Balaban J connectivity index is 0.000000160. The van der Waals surface area contributed by atoms with Crippen LogP contribution in [0, 0.1) is 42.9 Å². The molecule has 0 unspecified atom stereocenters. The number of fused-ring (bicyclic) bond motifs is 7. The normalized spacial score (nSPS) is 15.2. The Morgan fingerprint density at radius 1 is 0.487 bits per heavy atom. The lowest BCUT2D eigenvalue weighted by molar-refractivity contribution is -0.145. The molecular weight excluding hydrogens is 1510 g/mol. The van der Waals surface area contributed by atoms with Crippen molar-refractivity contribution in [2.45, 2.75) is 65.7 Å². The molecule has 7 aliphatic rings. The standard InChI is InChI=1S/2C24H28FN5O4.C12H11FN2O4.C10H9FN2O3.C8H7FN2O/c2*1-13-18(26-17-5-4-6-30(8-7-29(2)3)24(34)22(13)17)10-15-14-9-16(25)20(27-21(32)12-31)11-19(14)28-23(15)33;1-6(16)19-5-12(18)15-10-4-9-7(2-8(10)13)3-11(17)14-9;11-6-1-5-2-9(15)12-7(5)3-8(6)13-10(16)4-14;9-5-1-4-2-8(12)11-7(4)3-6(5)10/h2*9-11,26,31H,4-8,12H2,1-3H3,(H,27,32)(H,28,33);2,4H,3,5H2,1H3,(H,14,17)(H,15,18);1,3,14H,2,4H2,(H,12,15)(H,13,16);1,3H,2,10H2,(H,11,12)/b2*15-10-;;;. The quantitative estimate of drug-likeness (QED) is 0.0227. The molecule has 5 aromatic carbocycles. The summed E-state index contributed by atoms with van der Waals surface area (Å²) in [5, 5.41) is 48.3. The maximum atomic E-state index is 14.6. The number of anilines is 10. The Hall–Kier alpha value is -13.0. The highest BCUT2D eigenvalue weighted by atomic mass is 19.1. The number of aliphatic hydroxyl groups is 3. The van der Waals surface area contributed by atoms with E-state index in [2.05, 4.69) is 62.6 Å². The molecular formula is C78H83F5N16O16. The van der Waals surface area contributed by atoms with Crippen molar-refractivity contribution in [3.8, 4) is 0 Å². The van der Waals surface area contributed by atoms with E-state index in [-0.39, 0.29) is 88.4 Å². The van der Waals surface area contributed by atoms with Crippen molar-refractivity contribution in [1.82, 2.24) is 29.6 Å². The minimum absolute atomic E-state index is 0.0284. The molecule has 0 aliphatic carbocycles. The Labute approximate surface area is 653 Å². The fourth-order valence-corrected chi connectivity index (χ4v) is 13.1. The van der Waals surface area contributed by atoms with Gasteiger partial charge in [-0.05, 0) is 168 Å². The number of nitrogens with zero attached hydrogens (tertiary/aromatic N) is 4. The van der Waals surface area contributed by atoms with Gasteiger partial charge in [0.1, 0.15) is 48.9 Å². The third-order valence-electron chi connectivity index (χ3n) is 18.9. The van der Waals surface area contributed by atoms with Gasteiger partial charge < -0.3 is 103 Å². The largest absolute Gasteiger partial charge is 0.456 e. The van der Waals surface area contributed by atoms with Gasteiger partial charge in [-0.3, -0.25) is 57.5 Å². The monoisotopic (exact) mass is 1590 g/mol. The van der Waals surface area contributed by atoms with Crippen LogP contribution in [0.5, 0.6) is 0 Å². The second-order valence-electron chi connectivity index (χ2n) is 27.8. The molecule has 0 saturated heterocycles. The number of carbonyl (C=O) groups excluding carboxylic acids is 12. The van der Waals surface area contributed by atoms with Crippen LogP contribution in [0.3, 0.4) is 0 Å². The number of nitrogens with two attached hydrogens (primary N) is 1. The predicted octanol–water partition coefficient (Wildman–Crippen LogP) is 5.65. The number of H-pyrrole nitrogens is 2. The van der Waals surface area contributed by atoms with Gasteiger partial charge in [0, 0.05) is 97.2 Å². The van der Waals surface area contributed by atoms with Crippen molar-refractivity contribution >= 4 is 151 Å². The molecule has 606 valence electrons. The number of aliphatic hydroxyl groups excluding tert-OH is 3. The van der Waals surface area contributed by atoms with Gasteiger partial charge in [0.15, 0.2) is 6.61 Å². The number of rotatable bonds is 17. The van der Waals surface area contributed by atoms with Gasteiger partial charge in [-0.25, -0.2) is 22.0 Å². The fourth-order valence-electron chi connectivity index (χ4n) is 13.1. The van der Waals surface area contributed by atoms with Gasteiger partial charge in [0.05, 0.1) is 81.3 Å². The van der Waals surface area contributed by atoms with Crippen molar-refractivity contribution in [2.75, 3.05) is 147 Å². The van der Waals surface area contributed by atoms with E-state index < -0.39 is 96.9 Å². The minimum Gasteiger partial charge on any atom is -0.456 e. The van der Waals surface area contributed by atoms with Crippen LogP contribution in [0.1, 0.15) is 102 Å². The molecule has 11 amide bonds. The smallest absolute Gasteiger partial charge is 0.303 e. The number of hydrogen-bond acceptors (Lipinski definition) is 19. The summed E-state index contributed by atoms with van der Waals surface area (Å²) in [7, 11) is 7.87.